The van der Waals surface area contributed by atoms with Crippen LogP contribution in [0.5, 0.6) is 0 Å². The Labute approximate surface area is 106 Å². The van der Waals surface area contributed by atoms with Crippen LogP contribution in [0.4, 0.5) is 0 Å². The molecular weight excluding hydrogens is 210 g/mol. The molecule has 0 aliphatic carbocycles. The van der Waals surface area contributed by atoms with Gasteiger partial charge in [-0.25, -0.2) is 0 Å². The highest BCUT2D eigenvalue weighted by Crippen LogP contribution is 2.31. The number of fused-ring (bicyclic) bond motifs is 3. The molecule has 0 saturated carbocycles. The van der Waals surface area contributed by atoms with Gasteiger partial charge in [0.1, 0.15) is 0 Å². The van der Waals surface area contributed by atoms with Crippen molar-refractivity contribution in [1.82, 2.24) is 15.1 Å². The Morgan fingerprint density at radius 3 is 2.53 bits per heavy atom. The highest BCUT2D eigenvalue weighted by Gasteiger charge is 2.37. The molecule has 98 valence electrons. The Hall–Kier alpha value is -0.120. The Balaban J connectivity index is 1.62. The maximum Gasteiger partial charge on any atom is 0.0252 e. The van der Waals surface area contributed by atoms with Gasteiger partial charge < -0.3 is 10.2 Å². The molecule has 3 nitrogen and oxygen atoms in total. The molecule has 1 N–H and O–H groups in total. The standard InChI is InChI=1S/C14H27N3/c1-12-3-10-17(7-2-6-15-12)14-11-16-8-4-13(14)5-9-16/h12-15H,2-11H2,1H3. The van der Waals surface area contributed by atoms with Crippen molar-refractivity contribution in [3.05, 3.63) is 0 Å². The number of piperidine rings is 3. The summed E-state index contributed by atoms with van der Waals surface area (Å²) in [5.74, 6) is 1.00. The van der Waals surface area contributed by atoms with Gasteiger partial charge in [0, 0.05) is 18.6 Å². The van der Waals surface area contributed by atoms with Gasteiger partial charge in [0.15, 0.2) is 0 Å². The quantitative estimate of drug-likeness (QED) is 0.738. The van der Waals surface area contributed by atoms with Crippen LogP contribution in [0.15, 0.2) is 0 Å². The van der Waals surface area contributed by atoms with Crippen LogP contribution in [0.2, 0.25) is 0 Å². The minimum Gasteiger partial charge on any atom is -0.314 e. The van der Waals surface area contributed by atoms with Crippen molar-refractivity contribution in [3.8, 4) is 0 Å². The Morgan fingerprint density at radius 1 is 1.00 bits per heavy atom. The summed E-state index contributed by atoms with van der Waals surface area (Å²) in [5.41, 5.74) is 0. The van der Waals surface area contributed by atoms with E-state index >= 15 is 0 Å². The van der Waals surface area contributed by atoms with Crippen molar-refractivity contribution in [3.63, 3.8) is 0 Å². The summed E-state index contributed by atoms with van der Waals surface area (Å²) >= 11 is 0. The van der Waals surface area contributed by atoms with Crippen LogP contribution in [0, 0.1) is 5.92 Å². The second-order valence-corrected chi connectivity index (χ2v) is 6.24. The summed E-state index contributed by atoms with van der Waals surface area (Å²) in [6.45, 7) is 10.3. The number of nitrogens with one attached hydrogen (secondary N) is 1. The van der Waals surface area contributed by atoms with Crippen molar-refractivity contribution in [1.29, 1.82) is 0 Å². The van der Waals surface area contributed by atoms with Crippen LogP contribution in [0.1, 0.15) is 32.6 Å². The molecule has 0 aromatic carbocycles. The third-order valence-corrected chi connectivity index (χ3v) is 5.05. The molecule has 2 unspecified atom stereocenters. The van der Waals surface area contributed by atoms with Crippen molar-refractivity contribution in [2.75, 3.05) is 39.3 Å². The fourth-order valence-electron chi connectivity index (χ4n) is 3.88. The number of nitrogens with zero attached hydrogens (tertiary/aromatic N) is 2. The van der Waals surface area contributed by atoms with Gasteiger partial charge >= 0.3 is 0 Å². The maximum absolute atomic E-state index is 3.60. The second-order valence-electron chi connectivity index (χ2n) is 6.24. The number of hydrogen-bond donors (Lipinski definition) is 1. The predicted octanol–water partition coefficient (Wildman–Crippen LogP) is 1.15. The minimum absolute atomic E-state index is 0.707. The largest absolute Gasteiger partial charge is 0.314 e. The molecule has 3 heteroatoms. The van der Waals surface area contributed by atoms with E-state index in [2.05, 4.69) is 22.0 Å². The maximum atomic E-state index is 3.60. The van der Waals surface area contributed by atoms with E-state index in [9.17, 15) is 0 Å². The van der Waals surface area contributed by atoms with Gasteiger partial charge in [-0.05, 0) is 71.2 Å². The summed E-state index contributed by atoms with van der Waals surface area (Å²) in [4.78, 5) is 5.50. The highest BCUT2D eigenvalue weighted by molar-refractivity contribution is 4.93. The fraction of sp³-hybridized carbons (Fsp3) is 1.00. The number of rotatable bonds is 1. The Kier molecular flexibility index (Phi) is 3.69. The fourth-order valence-corrected chi connectivity index (χ4v) is 3.88. The summed E-state index contributed by atoms with van der Waals surface area (Å²) in [6.07, 6.45) is 5.56. The first-order chi connectivity index (χ1) is 8.33. The van der Waals surface area contributed by atoms with E-state index in [-0.39, 0.29) is 0 Å². The Morgan fingerprint density at radius 2 is 1.82 bits per heavy atom. The lowest BCUT2D eigenvalue weighted by Gasteiger charge is -2.49. The number of hydrogen-bond acceptors (Lipinski definition) is 3. The van der Waals surface area contributed by atoms with Gasteiger partial charge in [-0.3, -0.25) is 4.90 Å². The summed E-state index contributed by atoms with van der Waals surface area (Å²) < 4.78 is 0. The topological polar surface area (TPSA) is 18.5 Å². The molecule has 4 heterocycles. The molecule has 0 aromatic rings. The average molecular weight is 237 g/mol. The van der Waals surface area contributed by atoms with Gasteiger partial charge in [-0.15, -0.1) is 0 Å². The second kappa shape index (κ2) is 5.25. The molecular formula is C14H27N3. The molecule has 0 aromatic heterocycles. The Bertz CT molecular complexity index is 248. The summed E-state index contributed by atoms with van der Waals surface area (Å²) in [6, 6.07) is 1.58. The lowest BCUT2D eigenvalue weighted by atomic mass is 9.83. The first-order valence-electron chi connectivity index (χ1n) is 7.53. The van der Waals surface area contributed by atoms with E-state index in [0.29, 0.717) is 6.04 Å². The van der Waals surface area contributed by atoms with E-state index in [4.69, 9.17) is 0 Å². The molecule has 17 heavy (non-hydrogen) atoms. The van der Waals surface area contributed by atoms with E-state index in [0.717, 1.165) is 12.0 Å². The third kappa shape index (κ3) is 2.67. The van der Waals surface area contributed by atoms with E-state index in [1.165, 1.54) is 65.0 Å². The zero-order chi connectivity index (χ0) is 11.7. The molecule has 2 atom stereocenters. The van der Waals surface area contributed by atoms with Gasteiger partial charge in [-0.2, -0.15) is 0 Å². The summed E-state index contributed by atoms with van der Waals surface area (Å²) in [5, 5.41) is 3.60. The molecule has 2 bridgehead atoms. The monoisotopic (exact) mass is 237 g/mol. The van der Waals surface area contributed by atoms with E-state index < -0.39 is 0 Å². The lowest BCUT2D eigenvalue weighted by molar-refractivity contribution is 0.00151. The summed E-state index contributed by atoms with van der Waals surface area (Å²) in [7, 11) is 0. The first kappa shape index (κ1) is 11.9. The van der Waals surface area contributed by atoms with Gasteiger partial charge in [0.2, 0.25) is 0 Å². The first-order valence-corrected chi connectivity index (χ1v) is 7.53. The van der Waals surface area contributed by atoms with Crippen LogP contribution in [-0.4, -0.2) is 61.2 Å². The predicted molar refractivity (Wildman–Crippen MR) is 71.2 cm³/mol. The average Bonchev–Trinajstić information content (AvgIpc) is 2.36. The van der Waals surface area contributed by atoms with Crippen molar-refractivity contribution < 1.29 is 0 Å². The molecule has 0 amide bonds. The van der Waals surface area contributed by atoms with Crippen molar-refractivity contribution >= 4 is 0 Å². The molecule has 4 fully saturated rings. The third-order valence-electron chi connectivity index (χ3n) is 5.05. The van der Waals surface area contributed by atoms with Gasteiger partial charge in [0.05, 0.1) is 0 Å². The van der Waals surface area contributed by atoms with E-state index in [1.807, 2.05) is 0 Å². The zero-order valence-corrected chi connectivity index (χ0v) is 11.2. The van der Waals surface area contributed by atoms with Gasteiger partial charge in [-0.1, -0.05) is 0 Å². The van der Waals surface area contributed by atoms with E-state index in [1.54, 1.807) is 0 Å². The van der Waals surface area contributed by atoms with Crippen molar-refractivity contribution in [2.24, 2.45) is 5.92 Å². The lowest BCUT2D eigenvalue weighted by Crippen LogP contribution is -2.58. The molecule has 4 aliphatic heterocycles. The van der Waals surface area contributed by atoms with Crippen LogP contribution in [0.3, 0.4) is 0 Å². The highest BCUT2D eigenvalue weighted by atomic mass is 15.3. The molecule has 4 saturated heterocycles. The molecule has 4 rings (SSSR count). The van der Waals surface area contributed by atoms with Gasteiger partial charge in [0.25, 0.3) is 0 Å². The van der Waals surface area contributed by atoms with Crippen LogP contribution < -0.4 is 5.32 Å². The van der Waals surface area contributed by atoms with Crippen LogP contribution in [0.25, 0.3) is 0 Å². The zero-order valence-electron chi connectivity index (χ0n) is 11.2. The SMILES string of the molecule is CC1CCN(C2CN3CCC2CC3)CCCN1. The van der Waals surface area contributed by atoms with Crippen LogP contribution in [-0.2, 0) is 0 Å². The smallest absolute Gasteiger partial charge is 0.0252 e. The van der Waals surface area contributed by atoms with Crippen LogP contribution >= 0.6 is 0 Å². The molecule has 4 aliphatic rings. The normalized spacial score (nSPS) is 44.3. The minimum atomic E-state index is 0.707. The molecule has 0 spiro atoms. The van der Waals surface area contributed by atoms with Crippen molar-refractivity contribution in [2.45, 2.75) is 44.7 Å². The molecule has 0 radical (unpaired) electrons.